The van der Waals surface area contributed by atoms with Crippen LogP contribution in [0, 0.1) is 11.3 Å². The third kappa shape index (κ3) is 6.06. The van der Waals surface area contributed by atoms with Crippen molar-refractivity contribution in [1.29, 1.82) is 0 Å². The van der Waals surface area contributed by atoms with Crippen LogP contribution in [0.3, 0.4) is 0 Å². The molecule has 2 atom stereocenters. The first-order chi connectivity index (χ1) is 7.72. The van der Waals surface area contributed by atoms with Crippen LogP contribution in [-0.2, 0) is 4.79 Å². The molecule has 0 aromatic carbocycles. The zero-order valence-electron chi connectivity index (χ0n) is 12.3. The largest absolute Gasteiger partial charge is 0.353 e. The fraction of sp³-hybridized carbons (Fsp3) is 0.929. The van der Waals surface area contributed by atoms with Crippen molar-refractivity contribution >= 4 is 5.91 Å². The van der Waals surface area contributed by atoms with E-state index in [1.165, 1.54) is 0 Å². The van der Waals surface area contributed by atoms with Crippen LogP contribution in [0.5, 0.6) is 0 Å². The van der Waals surface area contributed by atoms with Gasteiger partial charge in [0.15, 0.2) is 0 Å². The monoisotopic (exact) mass is 242 g/mol. The number of hydrogen-bond acceptors (Lipinski definition) is 2. The molecule has 0 spiro atoms. The summed E-state index contributed by atoms with van der Waals surface area (Å²) >= 11 is 0. The Hall–Kier alpha value is -0.570. The predicted octanol–water partition coefficient (Wildman–Crippen LogP) is 2.69. The molecule has 0 bridgehead atoms. The minimum Gasteiger partial charge on any atom is -0.353 e. The van der Waals surface area contributed by atoms with Crippen molar-refractivity contribution < 1.29 is 4.79 Å². The van der Waals surface area contributed by atoms with Crippen molar-refractivity contribution in [3.05, 3.63) is 0 Å². The second-order valence-corrected chi connectivity index (χ2v) is 6.11. The van der Waals surface area contributed by atoms with E-state index in [1.807, 2.05) is 0 Å². The summed E-state index contributed by atoms with van der Waals surface area (Å²) in [5.74, 6) is 0.636. The first-order valence-electron chi connectivity index (χ1n) is 6.77. The zero-order chi connectivity index (χ0) is 13.6. The molecule has 3 heteroatoms. The SMILES string of the molecule is CCC(CC)C(C)NC(=O)CC(N)C(C)(C)C. The summed E-state index contributed by atoms with van der Waals surface area (Å²) in [5, 5.41) is 3.07. The van der Waals surface area contributed by atoms with Crippen molar-refractivity contribution in [3.63, 3.8) is 0 Å². The lowest BCUT2D eigenvalue weighted by Crippen LogP contribution is -2.44. The Morgan fingerprint density at radius 3 is 2.06 bits per heavy atom. The van der Waals surface area contributed by atoms with Gasteiger partial charge in [-0.15, -0.1) is 0 Å². The lowest BCUT2D eigenvalue weighted by Gasteiger charge is -2.28. The number of amides is 1. The van der Waals surface area contributed by atoms with Gasteiger partial charge in [0.2, 0.25) is 5.91 Å². The number of hydrogen-bond donors (Lipinski definition) is 2. The van der Waals surface area contributed by atoms with E-state index in [2.05, 4.69) is 46.9 Å². The summed E-state index contributed by atoms with van der Waals surface area (Å²) in [6, 6.07) is 0.154. The molecule has 0 fully saturated rings. The van der Waals surface area contributed by atoms with Gasteiger partial charge in [0.05, 0.1) is 0 Å². The standard InChI is InChI=1S/C14H30N2O/c1-7-11(8-2)10(3)16-13(17)9-12(15)14(4,5)6/h10-12H,7-9,15H2,1-6H3,(H,16,17). The van der Waals surface area contributed by atoms with Crippen LogP contribution in [0.15, 0.2) is 0 Å². The van der Waals surface area contributed by atoms with Gasteiger partial charge in [0.25, 0.3) is 0 Å². The van der Waals surface area contributed by atoms with Gasteiger partial charge in [-0.1, -0.05) is 47.5 Å². The van der Waals surface area contributed by atoms with Gasteiger partial charge >= 0.3 is 0 Å². The number of nitrogens with one attached hydrogen (secondary N) is 1. The zero-order valence-corrected chi connectivity index (χ0v) is 12.3. The Balaban J connectivity index is 4.18. The molecule has 0 aromatic heterocycles. The topological polar surface area (TPSA) is 55.1 Å². The average molecular weight is 242 g/mol. The van der Waals surface area contributed by atoms with E-state index in [0.717, 1.165) is 12.8 Å². The maximum atomic E-state index is 11.9. The van der Waals surface area contributed by atoms with E-state index in [9.17, 15) is 4.79 Å². The second-order valence-electron chi connectivity index (χ2n) is 6.11. The Morgan fingerprint density at radius 2 is 1.71 bits per heavy atom. The van der Waals surface area contributed by atoms with Gasteiger partial charge in [0, 0.05) is 18.5 Å². The Bertz CT molecular complexity index is 229. The van der Waals surface area contributed by atoms with Crippen LogP contribution in [0.2, 0.25) is 0 Å². The number of carbonyl (C=O) groups is 1. The highest BCUT2D eigenvalue weighted by Crippen LogP contribution is 2.20. The van der Waals surface area contributed by atoms with Crippen molar-refractivity contribution in [2.45, 2.75) is 72.9 Å². The molecule has 0 aliphatic rings. The number of carbonyl (C=O) groups excluding carboxylic acids is 1. The number of nitrogens with two attached hydrogens (primary N) is 1. The van der Waals surface area contributed by atoms with Gasteiger partial charge in [0.1, 0.15) is 0 Å². The molecule has 0 heterocycles. The Labute approximate surface area is 107 Å². The summed E-state index contributed by atoms with van der Waals surface area (Å²) in [7, 11) is 0. The van der Waals surface area contributed by atoms with Crippen LogP contribution >= 0.6 is 0 Å². The van der Waals surface area contributed by atoms with E-state index < -0.39 is 0 Å². The van der Waals surface area contributed by atoms with Crippen molar-refractivity contribution in [2.75, 3.05) is 0 Å². The van der Waals surface area contributed by atoms with Crippen LogP contribution in [-0.4, -0.2) is 18.0 Å². The first-order valence-corrected chi connectivity index (χ1v) is 6.77. The number of rotatable bonds is 6. The molecule has 0 radical (unpaired) electrons. The quantitative estimate of drug-likeness (QED) is 0.752. The molecule has 1 amide bonds. The molecule has 0 saturated carbocycles. The van der Waals surface area contributed by atoms with Crippen LogP contribution < -0.4 is 11.1 Å². The lowest BCUT2D eigenvalue weighted by molar-refractivity contribution is -0.122. The summed E-state index contributed by atoms with van der Waals surface area (Å²) < 4.78 is 0. The molecule has 3 N–H and O–H groups in total. The maximum Gasteiger partial charge on any atom is 0.221 e. The third-order valence-corrected chi connectivity index (χ3v) is 3.66. The van der Waals surface area contributed by atoms with Gasteiger partial charge < -0.3 is 11.1 Å². The predicted molar refractivity (Wildman–Crippen MR) is 73.7 cm³/mol. The molecule has 0 rings (SSSR count). The molecule has 17 heavy (non-hydrogen) atoms. The average Bonchev–Trinajstić information content (AvgIpc) is 2.17. The highest BCUT2D eigenvalue weighted by atomic mass is 16.1. The molecular formula is C14H30N2O. The second kappa shape index (κ2) is 7.00. The van der Waals surface area contributed by atoms with Crippen LogP contribution in [0.4, 0.5) is 0 Å². The summed E-state index contributed by atoms with van der Waals surface area (Å²) in [4.78, 5) is 11.9. The van der Waals surface area contributed by atoms with Crippen molar-refractivity contribution in [1.82, 2.24) is 5.32 Å². The molecule has 0 aliphatic carbocycles. The lowest BCUT2D eigenvalue weighted by atomic mass is 9.85. The summed E-state index contributed by atoms with van der Waals surface area (Å²) in [6.45, 7) is 12.6. The highest BCUT2D eigenvalue weighted by Gasteiger charge is 2.24. The molecule has 0 aromatic rings. The fourth-order valence-electron chi connectivity index (χ4n) is 1.93. The van der Waals surface area contributed by atoms with Crippen molar-refractivity contribution in [2.24, 2.45) is 17.1 Å². The van der Waals surface area contributed by atoms with Gasteiger partial charge in [-0.3, -0.25) is 4.79 Å². The third-order valence-electron chi connectivity index (χ3n) is 3.66. The van der Waals surface area contributed by atoms with Crippen LogP contribution in [0.1, 0.15) is 60.8 Å². The van der Waals surface area contributed by atoms with E-state index in [0.29, 0.717) is 12.3 Å². The van der Waals surface area contributed by atoms with E-state index in [4.69, 9.17) is 5.73 Å². The van der Waals surface area contributed by atoms with E-state index in [1.54, 1.807) is 0 Å². The minimum absolute atomic E-state index is 0.0184. The molecule has 2 unspecified atom stereocenters. The fourth-order valence-corrected chi connectivity index (χ4v) is 1.93. The maximum absolute atomic E-state index is 11.9. The van der Waals surface area contributed by atoms with Crippen LogP contribution in [0.25, 0.3) is 0 Å². The first kappa shape index (κ1) is 16.4. The molecule has 102 valence electrons. The molecule has 3 nitrogen and oxygen atoms in total. The van der Waals surface area contributed by atoms with Gasteiger partial charge in [-0.2, -0.15) is 0 Å². The molecule has 0 aliphatic heterocycles. The summed E-state index contributed by atoms with van der Waals surface area (Å²) in [6.07, 6.45) is 2.61. The summed E-state index contributed by atoms with van der Waals surface area (Å²) in [5.41, 5.74) is 5.99. The Kier molecular flexibility index (Phi) is 6.76. The van der Waals surface area contributed by atoms with Gasteiger partial charge in [-0.25, -0.2) is 0 Å². The molecular weight excluding hydrogens is 212 g/mol. The molecule has 0 saturated heterocycles. The minimum atomic E-state index is -0.0867. The van der Waals surface area contributed by atoms with E-state index >= 15 is 0 Å². The van der Waals surface area contributed by atoms with Crippen molar-refractivity contribution in [3.8, 4) is 0 Å². The Morgan fingerprint density at radius 1 is 1.24 bits per heavy atom. The van der Waals surface area contributed by atoms with Gasteiger partial charge in [-0.05, 0) is 18.3 Å². The highest BCUT2D eigenvalue weighted by molar-refractivity contribution is 5.77. The normalized spacial score (nSPS) is 15.8. The smallest absolute Gasteiger partial charge is 0.221 e. The van der Waals surface area contributed by atoms with E-state index in [-0.39, 0.29) is 23.4 Å².